The Morgan fingerprint density at radius 1 is 1.30 bits per heavy atom. The number of amides is 1. The van der Waals surface area contributed by atoms with Gasteiger partial charge in [-0.3, -0.25) is 15.1 Å². The fourth-order valence-electron chi connectivity index (χ4n) is 3.99. The van der Waals surface area contributed by atoms with Crippen molar-refractivity contribution in [1.82, 2.24) is 20.2 Å². The Morgan fingerprint density at radius 2 is 2.00 bits per heavy atom. The van der Waals surface area contributed by atoms with Crippen molar-refractivity contribution >= 4 is 23.5 Å². The lowest BCUT2D eigenvalue weighted by Gasteiger charge is -2.31. The molecule has 0 spiro atoms. The van der Waals surface area contributed by atoms with Crippen LogP contribution in [-0.2, 0) is 22.6 Å². The van der Waals surface area contributed by atoms with Crippen molar-refractivity contribution in [3.05, 3.63) is 46.9 Å². The van der Waals surface area contributed by atoms with Gasteiger partial charge < -0.3 is 5.11 Å². The van der Waals surface area contributed by atoms with Crippen molar-refractivity contribution in [3.63, 3.8) is 0 Å². The maximum atomic E-state index is 13.3. The number of nitrogens with zero attached hydrogens (tertiary/aromatic N) is 5. The minimum absolute atomic E-state index is 0.171. The van der Waals surface area contributed by atoms with Gasteiger partial charge in [0.2, 0.25) is 11.7 Å². The quantitative estimate of drug-likeness (QED) is 0.781. The Kier molecular flexibility index (Phi) is 5.02. The molecule has 9 nitrogen and oxygen atoms in total. The Morgan fingerprint density at radius 3 is 2.67 bits per heavy atom. The smallest absolute Gasteiger partial charge is 0.372 e. The van der Waals surface area contributed by atoms with Crippen molar-refractivity contribution in [2.75, 3.05) is 11.9 Å². The topological polar surface area (TPSA) is 103 Å². The molecule has 2 atom stereocenters. The van der Waals surface area contributed by atoms with Crippen LogP contribution in [0.4, 0.5) is 10.2 Å². The highest BCUT2D eigenvalue weighted by Crippen LogP contribution is 2.29. The number of hydrogen-bond acceptors (Lipinski definition) is 6. The molecule has 2 N–H and O–H groups in total. The fraction of sp³-hybridized carbons (Fsp3) is 0.400. The Labute approximate surface area is 172 Å². The molecule has 0 saturated heterocycles. The highest BCUT2D eigenvalue weighted by molar-refractivity contribution is 6.34. The molecule has 1 unspecified atom stereocenters. The third-order valence-electron chi connectivity index (χ3n) is 5.65. The highest BCUT2D eigenvalue weighted by atomic mass is 19.1. The lowest BCUT2D eigenvalue weighted by Crippen LogP contribution is -2.55. The average molecular weight is 414 g/mol. The van der Waals surface area contributed by atoms with Gasteiger partial charge in [-0.1, -0.05) is 12.1 Å². The Balaban J connectivity index is 1.63. The molecule has 3 heterocycles. The van der Waals surface area contributed by atoms with Crippen molar-refractivity contribution in [2.45, 2.75) is 45.4 Å². The number of aryl methyl sites for hydroxylation is 2. The number of aromatic nitrogens is 2. The zero-order valence-electron chi connectivity index (χ0n) is 17.0. The number of hydrogen-bond donors (Lipinski definition) is 2. The van der Waals surface area contributed by atoms with Crippen molar-refractivity contribution in [1.29, 1.82) is 0 Å². The number of amidine groups is 1. The second kappa shape index (κ2) is 7.52. The SMILES string of the molecule is Cc1nn2c(c1C)N(C)C(=O)C(N1NC(C(=O)O)=N[C@@H]1Cc1ccc(F)cc1)CC2. The van der Waals surface area contributed by atoms with E-state index in [1.54, 1.807) is 29.1 Å². The third kappa shape index (κ3) is 3.43. The van der Waals surface area contributed by atoms with Crippen LogP contribution in [0, 0.1) is 19.7 Å². The molecule has 2 aromatic rings. The van der Waals surface area contributed by atoms with E-state index >= 15 is 0 Å². The third-order valence-corrected chi connectivity index (χ3v) is 5.65. The number of aliphatic imine (C=N–C) groups is 1. The molecule has 2 aliphatic heterocycles. The number of carboxylic acids is 1. The second-order valence-electron chi connectivity index (χ2n) is 7.57. The molecule has 158 valence electrons. The van der Waals surface area contributed by atoms with E-state index in [4.69, 9.17) is 0 Å². The first-order valence-corrected chi connectivity index (χ1v) is 9.68. The lowest BCUT2D eigenvalue weighted by molar-refractivity contribution is -0.130. The van der Waals surface area contributed by atoms with E-state index in [9.17, 15) is 19.1 Å². The summed E-state index contributed by atoms with van der Waals surface area (Å²) in [5.74, 6) is -1.19. The summed E-state index contributed by atoms with van der Waals surface area (Å²) < 4.78 is 15.1. The van der Waals surface area contributed by atoms with Gasteiger partial charge in [0.05, 0.1) is 5.69 Å². The molecule has 4 rings (SSSR count). The van der Waals surface area contributed by atoms with Gasteiger partial charge in [0, 0.05) is 25.6 Å². The predicted molar refractivity (Wildman–Crippen MR) is 107 cm³/mol. The average Bonchev–Trinajstić information content (AvgIpc) is 3.21. The Bertz CT molecular complexity index is 1030. The summed E-state index contributed by atoms with van der Waals surface area (Å²) in [6.07, 6.45) is 0.156. The van der Waals surface area contributed by atoms with Gasteiger partial charge in [-0.25, -0.2) is 18.9 Å². The number of rotatable bonds is 4. The summed E-state index contributed by atoms with van der Waals surface area (Å²) in [7, 11) is 1.70. The molecule has 10 heteroatoms. The monoisotopic (exact) mass is 414 g/mol. The first-order valence-electron chi connectivity index (χ1n) is 9.68. The first-order chi connectivity index (χ1) is 14.3. The minimum atomic E-state index is -1.20. The van der Waals surface area contributed by atoms with Gasteiger partial charge in [-0.05, 0) is 38.0 Å². The van der Waals surface area contributed by atoms with Gasteiger partial charge in [-0.2, -0.15) is 10.1 Å². The Hall–Kier alpha value is -3.27. The van der Waals surface area contributed by atoms with E-state index in [2.05, 4.69) is 15.5 Å². The van der Waals surface area contributed by atoms with E-state index in [1.165, 1.54) is 12.1 Å². The number of fused-ring (bicyclic) bond motifs is 1. The van der Waals surface area contributed by atoms with Crippen LogP contribution in [-0.4, -0.2) is 56.9 Å². The molecule has 1 aromatic heterocycles. The van der Waals surface area contributed by atoms with Crippen LogP contribution < -0.4 is 10.3 Å². The van der Waals surface area contributed by atoms with Crippen LogP contribution in [0.1, 0.15) is 23.2 Å². The van der Waals surface area contributed by atoms with E-state index < -0.39 is 18.2 Å². The number of nitrogens with one attached hydrogen (secondary N) is 1. The zero-order valence-corrected chi connectivity index (χ0v) is 17.0. The van der Waals surface area contributed by atoms with Crippen molar-refractivity contribution < 1.29 is 19.1 Å². The first kappa shape index (κ1) is 20.0. The number of likely N-dealkylation sites (N-methyl/N-ethyl adjacent to an activating group) is 1. The normalized spacial score (nSPS) is 21.8. The zero-order chi connectivity index (χ0) is 21.6. The second-order valence-corrected chi connectivity index (χ2v) is 7.57. The van der Waals surface area contributed by atoms with E-state index in [0.29, 0.717) is 19.4 Å². The van der Waals surface area contributed by atoms with Crippen LogP contribution >= 0.6 is 0 Å². The molecule has 1 aromatic carbocycles. The van der Waals surface area contributed by atoms with Crippen LogP contribution in [0.3, 0.4) is 0 Å². The predicted octanol–water partition coefficient (Wildman–Crippen LogP) is 1.25. The molecule has 0 bridgehead atoms. The number of hydrazine groups is 1. The number of aliphatic carboxylic acids is 1. The molecule has 0 radical (unpaired) electrons. The summed E-state index contributed by atoms with van der Waals surface area (Å²) in [5.41, 5.74) is 5.39. The molecular weight excluding hydrogens is 391 g/mol. The molecule has 0 aliphatic carbocycles. The molecule has 2 aliphatic rings. The lowest BCUT2D eigenvalue weighted by atomic mass is 10.1. The van der Waals surface area contributed by atoms with Crippen LogP contribution in [0.15, 0.2) is 29.3 Å². The highest BCUT2D eigenvalue weighted by Gasteiger charge is 2.41. The number of anilines is 1. The summed E-state index contributed by atoms with van der Waals surface area (Å²) >= 11 is 0. The van der Waals surface area contributed by atoms with Crippen molar-refractivity contribution in [3.8, 4) is 0 Å². The van der Waals surface area contributed by atoms with Crippen LogP contribution in [0.25, 0.3) is 0 Å². The summed E-state index contributed by atoms with van der Waals surface area (Å²) in [6.45, 7) is 4.34. The van der Waals surface area contributed by atoms with Crippen LogP contribution in [0.5, 0.6) is 0 Å². The van der Waals surface area contributed by atoms with E-state index in [1.807, 2.05) is 18.5 Å². The number of carbonyl (C=O) groups excluding carboxylic acids is 1. The number of benzene rings is 1. The minimum Gasteiger partial charge on any atom is -0.475 e. The van der Waals surface area contributed by atoms with Crippen LogP contribution in [0.2, 0.25) is 0 Å². The standard InChI is InChI=1S/C20H23FN6O3/c1-11-12(2)23-26-9-8-15(19(28)25(3)18(11)26)27-16(22-17(24-27)20(29)30)10-13-4-6-14(21)7-5-13/h4-7,15-16H,8-10H2,1-3H3,(H,22,24)(H,29,30)/t15?,16-/m0/s1. The molecule has 0 saturated carbocycles. The largest absolute Gasteiger partial charge is 0.475 e. The summed E-state index contributed by atoms with van der Waals surface area (Å²) in [5, 5.41) is 15.5. The number of carboxylic acid groups (broad SMARTS) is 1. The van der Waals surface area contributed by atoms with Gasteiger partial charge in [0.1, 0.15) is 23.8 Å². The summed E-state index contributed by atoms with van der Waals surface area (Å²) in [6, 6.07) is 5.31. The number of carbonyl (C=O) groups is 2. The molecule has 0 fully saturated rings. The van der Waals surface area contributed by atoms with E-state index in [0.717, 1.165) is 22.6 Å². The summed E-state index contributed by atoms with van der Waals surface area (Å²) in [4.78, 5) is 30.7. The van der Waals surface area contributed by atoms with Gasteiger partial charge in [-0.15, -0.1) is 0 Å². The van der Waals surface area contributed by atoms with Crippen molar-refractivity contribution in [2.24, 2.45) is 4.99 Å². The maximum absolute atomic E-state index is 13.3. The van der Waals surface area contributed by atoms with Gasteiger partial charge in [0.15, 0.2) is 0 Å². The van der Waals surface area contributed by atoms with Gasteiger partial charge in [0.25, 0.3) is 0 Å². The fourth-order valence-corrected chi connectivity index (χ4v) is 3.99. The molecule has 30 heavy (non-hydrogen) atoms. The molecule has 1 amide bonds. The van der Waals surface area contributed by atoms with E-state index in [-0.39, 0.29) is 17.6 Å². The maximum Gasteiger partial charge on any atom is 0.372 e. The molecular formula is C20H23FN6O3. The number of halogens is 1. The van der Waals surface area contributed by atoms with Gasteiger partial charge >= 0.3 is 5.97 Å².